The molecule has 0 aliphatic rings. The topological polar surface area (TPSA) is 46.6 Å². The van der Waals surface area contributed by atoms with Gasteiger partial charge in [-0.3, -0.25) is 9.59 Å². The van der Waals surface area contributed by atoms with Crippen molar-refractivity contribution in [3.63, 3.8) is 0 Å². The van der Waals surface area contributed by atoms with Crippen LogP contribution in [-0.4, -0.2) is 36.3 Å². The second kappa shape index (κ2) is 9.77. The van der Waals surface area contributed by atoms with E-state index in [0.29, 0.717) is 25.3 Å². The van der Waals surface area contributed by atoms with Crippen molar-refractivity contribution in [1.29, 1.82) is 0 Å². The van der Waals surface area contributed by atoms with Crippen molar-refractivity contribution in [2.45, 2.75) is 33.6 Å². The number of hydrogen-bond acceptors (Lipinski definition) is 3. The number of hydrogen-bond donors (Lipinski definition) is 0. The summed E-state index contributed by atoms with van der Waals surface area (Å²) in [5.41, 5.74) is 0.546. The van der Waals surface area contributed by atoms with Gasteiger partial charge in [-0.25, -0.2) is 0 Å². The van der Waals surface area contributed by atoms with E-state index in [4.69, 9.17) is 4.74 Å². The maximum absolute atomic E-state index is 12.1. The van der Waals surface area contributed by atoms with E-state index in [1.165, 1.54) is 12.2 Å². The number of amides is 1. The van der Waals surface area contributed by atoms with Gasteiger partial charge in [0, 0.05) is 24.7 Å². The molecule has 4 nitrogen and oxygen atoms in total. The first-order chi connectivity index (χ1) is 10.6. The van der Waals surface area contributed by atoms with Gasteiger partial charge in [-0.15, -0.1) is 0 Å². The van der Waals surface area contributed by atoms with Crippen LogP contribution in [0.4, 0.5) is 0 Å². The first-order valence-electron chi connectivity index (χ1n) is 7.86. The van der Waals surface area contributed by atoms with Gasteiger partial charge in [0.2, 0.25) is 5.91 Å². The monoisotopic (exact) mass is 303 g/mol. The standard InChI is InChI=1S/C18H25NO3/c1-4-13-19(14-5-2)18(21)12-11-17(20)15-7-9-16(10-8-15)22-6-3/h7-12H,4-6,13-14H2,1-3H3/b12-11+. The molecule has 22 heavy (non-hydrogen) atoms. The summed E-state index contributed by atoms with van der Waals surface area (Å²) in [6.07, 6.45) is 4.53. The van der Waals surface area contributed by atoms with Crippen LogP contribution < -0.4 is 4.74 Å². The maximum Gasteiger partial charge on any atom is 0.246 e. The molecule has 0 aliphatic heterocycles. The largest absolute Gasteiger partial charge is 0.494 e. The van der Waals surface area contributed by atoms with Gasteiger partial charge < -0.3 is 9.64 Å². The van der Waals surface area contributed by atoms with E-state index >= 15 is 0 Å². The third-order valence-corrected chi connectivity index (χ3v) is 3.13. The van der Waals surface area contributed by atoms with Crippen LogP contribution >= 0.6 is 0 Å². The Labute approximate surface area is 132 Å². The van der Waals surface area contributed by atoms with Crippen molar-refractivity contribution in [1.82, 2.24) is 4.90 Å². The average Bonchev–Trinajstić information content (AvgIpc) is 2.53. The minimum atomic E-state index is -0.177. The van der Waals surface area contributed by atoms with E-state index in [1.807, 2.05) is 20.8 Å². The number of carbonyl (C=O) groups is 2. The van der Waals surface area contributed by atoms with Crippen molar-refractivity contribution in [3.05, 3.63) is 42.0 Å². The zero-order valence-corrected chi connectivity index (χ0v) is 13.7. The van der Waals surface area contributed by atoms with Crippen LogP contribution in [0, 0.1) is 0 Å². The van der Waals surface area contributed by atoms with Gasteiger partial charge in [-0.05, 0) is 50.1 Å². The van der Waals surface area contributed by atoms with Crippen LogP contribution in [0.5, 0.6) is 5.75 Å². The fourth-order valence-corrected chi connectivity index (χ4v) is 2.10. The summed E-state index contributed by atoms with van der Waals surface area (Å²) in [6.45, 7) is 8.00. The highest BCUT2D eigenvalue weighted by Gasteiger charge is 2.09. The van der Waals surface area contributed by atoms with E-state index in [2.05, 4.69) is 0 Å². The minimum Gasteiger partial charge on any atom is -0.494 e. The smallest absolute Gasteiger partial charge is 0.246 e. The zero-order chi connectivity index (χ0) is 16.4. The van der Waals surface area contributed by atoms with Gasteiger partial charge in [-0.2, -0.15) is 0 Å². The second-order valence-electron chi connectivity index (χ2n) is 4.98. The van der Waals surface area contributed by atoms with Gasteiger partial charge in [0.15, 0.2) is 5.78 Å². The number of rotatable bonds is 9. The molecule has 0 heterocycles. The molecular formula is C18H25NO3. The van der Waals surface area contributed by atoms with Crippen LogP contribution in [0.2, 0.25) is 0 Å². The molecule has 1 rings (SSSR count). The van der Waals surface area contributed by atoms with Crippen LogP contribution in [0.3, 0.4) is 0 Å². The molecule has 4 heteroatoms. The average molecular weight is 303 g/mol. The predicted octanol–water partition coefficient (Wildman–Crippen LogP) is 3.47. The number of nitrogens with zero attached hydrogens (tertiary/aromatic N) is 1. The van der Waals surface area contributed by atoms with Crippen molar-refractivity contribution < 1.29 is 14.3 Å². The predicted molar refractivity (Wildman–Crippen MR) is 88.2 cm³/mol. The van der Waals surface area contributed by atoms with E-state index in [9.17, 15) is 9.59 Å². The molecule has 1 aromatic rings. The van der Waals surface area contributed by atoms with Crippen LogP contribution in [0.25, 0.3) is 0 Å². The van der Waals surface area contributed by atoms with Crippen molar-refractivity contribution in [2.75, 3.05) is 19.7 Å². The SMILES string of the molecule is CCCN(CCC)C(=O)/C=C/C(=O)c1ccc(OCC)cc1. The normalized spacial score (nSPS) is 10.7. The molecule has 0 saturated carbocycles. The number of benzene rings is 1. The molecule has 0 aromatic heterocycles. The summed E-state index contributed by atoms with van der Waals surface area (Å²) < 4.78 is 5.33. The lowest BCUT2D eigenvalue weighted by molar-refractivity contribution is -0.126. The van der Waals surface area contributed by atoms with Gasteiger partial charge >= 0.3 is 0 Å². The molecule has 120 valence electrons. The van der Waals surface area contributed by atoms with Crippen LogP contribution in [0.1, 0.15) is 44.0 Å². The quantitative estimate of drug-likeness (QED) is 0.518. The molecule has 1 aromatic carbocycles. The lowest BCUT2D eigenvalue weighted by Gasteiger charge is -2.19. The highest BCUT2D eigenvalue weighted by Crippen LogP contribution is 2.12. The van der Waals surface area contributed by atoms with Crippen molar-refractivity contribution >= 4 is 11.7 Å². The molecule has 0 fully saturated rings. The summed E-state index contributed by atoms with van der Waals surface area (Å²) in [5, 5.41) is 0. The third kappa shape index (κ3) is 5.72. The first-order valence-corrected chi connectivity index (χ1v) is 7.86. The number of allylic oxidation sites excluding steroid dienone is 1. The fraction of sp³-hybridized carbons (Fsp3) is 0.444. The van der Waals surface area contributed by atoms with Gasteiger partial charge in [0.1, 0.15) is 5.75 Å². The third-order valence-electron chi connectivity index (χ3n) is 3.13. The van der Waals surface area contributed by atoms with Gasteiger partial charge in [-0.1, -0.05) is 13.8 Å². The first kappa shape index (κ1) is 18.0. The van der Waals surface area contributed by atoms with Gasteiger partial charge in [0.05, 0.1) is 6.61 Å². The summed E-state index contributed by atoms with van der Waals surface area (Å²) in [7, 11) is 0. The van der Waals surface area contributed by atoms with E-state index in [1.54, 1.807) is 29.2 Å². The Bertz CT molecular complexity index is 500. The Hall–Kier alpha value is -2.10. The number of ether oxygens (including phenoxy) is 1. The van der Waals surface area contributed by atoms with Gasteiger partial charge in [0.25, 0.3) is 0 Å². The van der Waals surface area contributed by atoms with Crippen LogP contribution in [-0.2, 0) is 4.79 Å². The molecule has 1 amide bonds. The lowest BCUT2D eigenvalue weighted by atomic mass is 10.1. The summed E-state index contributed by atoms with van der Waals surface area (Å²) in [4.78, 5) is 25.9. The maximum atomic E-state index is 12.1. The fourth-order valence-electron chi connectivity index (χ4n) is 2.10. The Morgan fingerprint density at radius 1 is 1.00 bits per heavy atom. The van der Waals surface area contributed by atoms with E-state index in [0.717, 1.165) is 18.6 Å². The summed E-state index contributed by atoms with van der Waals surface area (Å²) >= 11 is 0. The Kier molecular flexibility index (Phi) is 7.97. The molecule has 0 aliphatic carbocycles. The highest BCUT2D eigenvalue weighted by molar-refractivity contribution is 6.07. The second-order valence-corrected chi connectivity index (χ2v) is 4.98. The molecule has 0 saturated heterocycles. The number of ketones is 1. The molecule has 0 unspecified atom stereocenters. The molecule has 0 spiro atoms. The molecular weight excluding hydrogens is 278 g/mol. The Morgan fingerprint density at radius 3 is 2.09 bits per heavy atom. The minimum absolute atomic E-state index is 0.108. The lowest BCUT2D eigenvalue weighted by Crippen LogP contribution is -2.31. The molecule has 0 radical (unpaired) electrons. The number of carbonyl (C=O) groups excluding carboxylic acids is 2. The molecule has 0 bridgehead atoms. The zero-order valence-electron chi connectivity index (χ0n) is 13.7. The highest BCUT2D eigenvalue weighted by atomic mass is 16.5. The van der Waals surface area contributed by atoms with Crippen LogP contribution in [0.15, 0.2) is 36.4 Å². The summed E-state index contributed by atoms with van der Waals surface area (Å²) in [6, 6.07) is 6.93. The molecule has 0 N–H and O–H groups in total. The summed E-state index contributed by atoms with van der Waals surface area (Å²) in [5.74, 6) is 0.448. The Balaban J connectivity index is 2.67. The van der Waals surface area contributed by atoms with E-state index in [-0.39, 0.29) is 11.7 Å². The van der Waals surface area contributed by atoms with Crippen molar-refractivity contribution in [2.24, 2.45) is 0 Å². The van der Waals surface area contributed by atoms with E-state index < -0.39 is 0 Å². The Morgan fingerprint density at radius 2 is 1.59 bits per heavy atom. The molecule has 0 atom stereocenters. The van der Waals surface area contributed by atoms with Crippen molar-refractivity contribution in [3.8, 4) is 5.75 Å².